The molecule has 0 spiro atoms. The summed E-state index contributed by atoms with van der Waals surface area (Å²) >= 11 is 1.09. The molecule has 10 heavy (non-hydrogen) atoms. The van der Waals surface area contributed by atoms with Gasteiger partial charge in [-0.3, -0.25) is 0 Å². The van der Waals surface area contributed by atoms with E-state index in [0.717, 1.165) is 17.8 Å². The summed E-state index contributed by atoms with van der Waals surface area (Å²) in [6.45, 7) is 2.08. The standard InChI is InChI=1S/C4H10O3S3/c1-4(10-8-2)3-9-7-6-5/h4-5H,3H2,1-2H3. The van der Waals surface area contributed by atoms with Crippen molar-refractivity contribution in [1.82, 2.24) is 0 Å². The van der Waals surface area contributed by atoms with Gasteiger partial charge >= 0.3 is 0 Å². The lowest BCUT2D eigenvalue weighted by Gasteiger charge is -2.04. The molecule has 0 amide bonds. The highest BCUT2D eigenvalue weighted by molar-refractivity contribution is 8.76. The first-order valence-corrected chi connectivity index (χ1v) is 6.13. The Morgan fingerprint density at radius 2 is 2.30 bits per heavy atom. The highest BCUT2D eigenvalue weighted by Crippen LogP contribution is 2.25. The monoisotopic (exact) mass is 202 g/mol. The van der Waals surface area contributed by atoms with Crippen molar-refractivity contribution < 1.29 is 14.6 Å². The molecule has 0 saturated carbocycles. The first-order valence-electron chi connectivity index (χ1n) is 2.60. The van der Waals surface area contributed by atoms with Crippen LogP contribution in [-0.2, 0) is 9.37 Å². The van der Waals surface area contributed by atoms with Crippen LogP contribution in [-0.4, -0.2) is 22.5 Å². The van der Waals surface area contributed by atoms with Crippen molar-refractivity contribution in [2.24, 2.45) is 0 Å². The van der Waals surface area contributed by atoms with E-state index in [1.54, 1.807) is 21.6 Å². The van der Waals surface area contributed by atoms with Gasteiger partial charge in [0, 0.05) is 23.0 Å². The van der Waals surface area contributed by atoms with E-state index in [2.05, 4.69) is 16.3 Å². The van der Waals surface area contributed by atoms with Gasteiger partial charge in [0.25, 0.3) is 0 Å². The lowest BCUT2D eigenvalue weighted by Crippen LogP contribution is -1.98. The molecule has 0 aromatic rings. The smallest absolute Gasteiger partial charge is 0.0357 e. The Morgan fingerprint density at radius 3 is 2.80 bits per heavy atom. The van der Waals surface area contributed by atoms with E-state index < -0.39 is 0 Å². The molecule has 0 aliphatic rings. The number of hydrogen-bond acceptors (Lipinski definition) is 6. The van der Waals surface area contributed by atoms with Crippen molar-refractivity contribution in [1.29, 1.82) is 0 Å². The van der Waals surface area contributed by atoms with E-state index in [0.29, 0.717) is 5.25 Å². The minimum atomic E-state index is 0.496. The summed E-state index contributed by atoms with van der Waals surface area (Å²) in [5.74, 6) is 0.798. The maximum atomic E-state index is 7.75. The van der Waals surface area contributed by atoms with Gasteiger partial charge in [0.1, 0.15) is 0 Å². The first-order chi connectivity index (χ1) is 4.81. The van der Waals surface area contributed by atoms with Crippen LogP contribution in [0.15, 0.2) is 0 Å². The van der Waals surface area contributed by atoms with Crippen molar-refractivity contribution >= 4 is 33.6 Å². The largest absolute Gasteiger partial charge is 0.220 e. The van der Waals surface area contributed by atoms with Crippen LogP contribution in [0.4, 0.5) is 0 Å². The second kappa shape index (κ2) is 8.03. The lowest BCUT2D eigenvalue weighted by atomic mass is 10.6. The topological polar surface area (TPSA) is 38.7 Å². The third kappa shape index (κ3) is 7.04. The Kier molecular flexibility index (Phi) is 8.78. The Hall–Kier alpha value is 0.930. The second-order valence-corrected chi connectivity index (χ2v) is 5.11. The Labute approximate surface area is 72.7 Å². The van der Waals surface area contributed by atoms with Crippen LogP contribution < -0.4 is 0 Å². The second-order valence-electron chi connectivity index (χ2n) is 1.50. The van der Waals surface area contributed by atoms with Gasteiger partial charge in [-0.05, 0) is 6.26 Å². The molecule has 1 atom stereocenters. The minimum Gasteiger partial charge on any atom is -0.220 e. The van der Waals surface area contributed by atoms with E-state index in [1.807, 2.05) is 6.26 Å². The molecular formula is C4H10O3S3. The van der Waals surface area contributed by atoms with Crippen molar-refractivity contribution in [3.8, 4) is 0 Å². The fourth-order valence-electron chi connectivity index (χ4n) is 0.337. The quantitative estimate of drug-likeness (QED) is 0.234. The third-order valence-electron chi connectivity index (χ3n) is 0.642. The van der Waals surface area contributed by atoms with Crippen LogP contribution in [0, 0.1) is 0 Å². The molecule has 0 aliphatic carbocycles. The molecule has 0 aromatic heterocycles. The van der Waals surface area contributed by atoms with Crippen molar-refractivity contribution in [2.75, 3.05) is 12.0 Å². The average Bonchev–Trinajstić information content (AvgIpc) is 1.89. The summed E-state index contributed by atoms with van der Waals surface area (Å²) in [5, 5.41) is 11.7. The zero-order valence-corrected chi connectivity index (χ0v) is 8.22. The zero-order valence-electron chi connectivity index (χ0n) is 5.77. The van der Waals surface area contributed by atoms with E-state index in [-0.39, 0.29) is 0 Å². The molecule has 0 heterocycles. The number of rotatable bonds is 6. The van der Waals surface area contributed by atoms with Gasteiger partial charge in [0.05, 0.1) is 0 Å². The van der Waals surface area contributed by atoms with Crippen LogP contribution >= 0.6 is 33.6 Å². The Bertz CT molecular complexity index is 72.8. The first kappa shape index (κ1) is 10.9. The van der Waals surface area contributed by atoms with Gasteiger partial charge in [0.15, 0.2) is 0 Å². The van der Waals surface area contributed by atoms with Gasteiger partial charge < -0.3 is 0 Å². The molecule has 0 rings (SSSR count). The molecule has 0 aromatic carbocycles. The molecule has 62 valence electrons. The molecular weight excluding hydrogens is 192 g/mol. The van der Waals surface area contributed by atoms with E-state index in [1.165, 1.54) is 0 Å². The van der Waals surface area contributed by atoms with Crippen LogP contribution in [0.25, 0.3) is 0 Å². The summed E-state index contributed by atoms with van der Waals surface area (Å²) < 4.78 is 4.20. The molecule has 1 unspecified atom stereocenters. The van der Waals surface area contributed by atoms with Gasteiger partial charge in [-0.15, -0.1) is 4.33 Å². The zero-order chi connectivity index (χ0) is 7.82. The molecule has 0 fully saturated rings. The maximum Gasteiger partial charge on any atom is 0.0357 e. The van der Waals surface area contributed by atoms with Gasteiger partial charge in [-0.25, -0.2) is 5.26 Å². The summed E-state index contributed by atoms with van der Waals surface area (Å²) in [5.41, 5.74) is 0. The summed E-state index contributed by atoms with van der Waals surface area (Å²) in [6.07, 6.45) is 2.02. The highest BCUT2D eigenvalue weighted by atomic mass is 33.1. The SMILES string of the molecule is CSSC(C)CSOOO. The fourth-order valence-corrected chi connectivity index (χ4v) is 2.83. The van der Waals surface area contributed by atoms with E-state index >= 15 is 0 Å². The fraction of sp³-hybridized carbons (Fsp3) is 1.00. The van der Waals surface area contributed by atoms with E-state index in [4.69, 9.17) is 5.26 Å². The molecule has 0 radical (unpaired) electrons. The maximum absolute atomic E-state index is 7.75. The van der Waals surface area contributed by atoms with Crippen LogP contribution in [0.2, 0.25) is 0 Å². The van der Waals surface area contributed by atoms with Crippen LogP contribution in [0.3, 0.4) is 0 Å². The van der Waals surface area contributed by atoms with Crippen molar-refractivity contribution in [3.63, 3.8) is 0 Å². The van der Waals surface area contributed by atoms with Gasteiger partial charge in [-0.1, -0.05) is 33.5 Å². The summed E-state index contributed by atoms with van der Waals surface area (Å²) in [7, 11) is 3.47. The highest BCUT2D eigenvalue weighted by Gasteiger charge is 2.01. The molecule has 0 bridgehead atoms. The number of hydrogen-bond donors (Lipinski definition) is 1. The predicted octanol–water partition coefficient (Wildman–Crippen LogP) is 2.46. The molecule has 1 N–H and O–H groups in total. The lowest BCUT2D eigenvalue weighted by molar-refractivity contribution is -0.432. The summed E-state index contributed by atoms with van der Waals surface area (Å²) in [4.78, 5) is 0. The van der Waals surface area contributed by atoms with Gasteiger partial charge in [-0.2, -0.15) is 0 Å². The Balaban J connectivity index is 2.97. The van der Waals surface area contributed by atoms with Crippen LogP contribution in [0.5, 0.6) is 0 Å². The molecule has 6 heteroatoms. The van der Waals surface area contributed by atoms with Crippen molar-refractivity contribution in [3.05, 3.63) is 0 Å². The Morgan fingerprint density at radius 1 is 1.60 bits per heavy atom. The summed E-state index contributed by atoms with van der Waals surface area (Å²) in [6, 6.07) is 0. The van der Waals surface area contributed by atoms with Crippen LogP contribution in [0.1, 0.15) is 6.92 Å². The normalized spacial score (nSPS) is 13.5. The third-order valence-corrected chi connectivity index (χ3v) is 3.90. The predicted molar refractivity (Wildman–Crippen MR) is 47.8 cm³/mol. The van der Waals surface area contributed by atoms with Crippen molar-refractivity contribution in [2.45, 2.75) is 12.2 Å². The average molecular weight is 202 g/mol. The molecule has 3 nitrogen and oxygen atoms in total. The molecule has 0 aliphatic heterocycles. The minimum absolute atomic E-state index is 0.496. The molecule has 0 saturated heterocycles. The van der Waals surface area contributed by atoms with E-state index in [9.17, 15) is 0 Å². The van der Waals surface area contributed by atoms with Gasteiger partial charge in [0.2, 0.25) is 0 Å².